The topological polar surface area (TPSA) is 100 Å². The number of esters is 1. The Hall–Kier alpha value is -2.90. The average molecular weight is 317 g/mol. The number of aromatic nitrogens is 3. The van der Waals surface area contributed by atoms with Gasteiger partial charge in [-0.3, -0.25) is 9.36 Å². The Morgan fingerprint density at radius 2 is 2.17 bits per heavy atom. The van der Waals surface area contributed by atoms with Crippen molar-refractivity contribution in [2.24, 2.45) is 0 Å². The molecule has 0 aliphatic heterocycles. The Morgan fingerprint density at radius 3 is 2.83 bits per heavy atom. The molecule has 0 saturated heterocycles. The maximum atomic E-state index is 12.7. The second-order valence-corrected chi connectivity index (χ2v) is 5.05. The predicted molar refractivity (Wildman–Crippen MR) is 79.3 cm³/mol. The molecule has 3 aromatic rings. The van der Waals surface area contributed by atoms with Crippen LogP contribution in [0.25, 0.3) is 11.1 Å². The van der Waals surface area contributed by atoms with Gasteiger partial charge in [0.25, 0.3) is 5.56 Å². The first-order chi connectivity index (χ1) is 11.0. The first kappa shape index (κ1) is 15.0. The highest BCUT2D eigenvalue weighted by Gasteiger charge is 2.24. The monoisotopic (exact) mass is 317 g/mol. The Balaban J connectivity index is 2.12. The third-order valence-corrected chi connectivity index (χ3v) is 3.34. The normalized spacial score (nSPS) is 11.1. The highest BCUT2D eigenvalue weighted by Crippen LogP contribution is 2.21. The van der Waals surface area contributed by atoms with Gasteiger partial charge < -0.3 is 13.7 Å². The lowest BCUT2D eigenvalue weighted by Crippen LogP contribution is -2.22. The minimum absolute atomic E-state index is 0.111. The van der Waals surface area contributed by atoms with Crippen LogP contribution >= 0.6 is 0 Å². The Labute approximate surface area is 130 Å². The van der Waals surface area contributed by atoms with E-state index in [4.69, 9.17) is 13.7 Å². The number of furan rings is 1. The molecule has 0 unspecified atom stereocenters. The fourth-order valence-corrected chi connectivity index (χ4v) is 2.36. The predicted octanol–water partition coefficient (Wildman–Crippen LogP) is 1.82. The second-order valence-electron chi connectivity index (χ2n) is 5.05. The highest BCUT2D eigenvalue weighted by atomic mass is 16.5. The number of hydrogen-bond acceptors (Lipinski definition) is 7. The zero-order valence-corrected chi connectivity index (χ0v) is 13.0. The number of fused-ring (bicyclic) bond motifs is 1. The molecule has 0 amide bonds. The molecule has 8 nitrogen and oxygen atoms in total. The van der Waals surface area contributed by atoms with Crippen molar-refractivity contribution in [1.29, 1.82) is 0 Å². The first-order valence-electron chi connectivity index (χ1n) is 7.09. The van der Waals surface area contributed by atoms with E-state index < -0.39 is 11.5 Å². The van der Waals surface area contributed by atoms with E-state index in [1.54, 1.807) is 26.8 Å². The summed E-state index contributed by atoms with van der Waals surface area (Å²) in [5, 5.41) is 3.89. The fourth-order valence-electron chi connectivity index (χ4n) is 2.36. The summed E-state index contributed by atoms with van der Waals surface area (Å²) in [6.07, 6.45) is 1.35. The van der Waals surface area contributed by atoms with Crippen LogP contribution in [0.1, 0.15) is 34.5 Å². The summed E-state index contributed by atoms with van der Waals surface area (Å²) in [4.78, 5) is 28.9. The third-order valence-electron chi connectivity index (χ3n) is 3.34. The van der Waals surface area contributed by atoms with Gasteiger partial charge in [-0.25, -0.2) is 9.78 Å². The van der Waals surface area contributed by atoms with Crippen LogP contribution in [0.4, 0.5) is 0 Å². The van der Waals surface area contributed by atoms with Crippen molar-refractivity contribution >= 4 is 17.1 Å². The highest BCUT2D eigenvalue weighted by molar-refractivity contribution is 6.03. The number of nitrogens with zero attached hydrogens (tertiary/aromatic N) is 3. The Bertz CT molecular complexity index is 934. The van der Waals surface area contributed by atoms with Gasteiger partial charge in [0.2, 0.25) is 5.71 Å². The van der Waals surface area contributed by atoms with E-state index in [9.17, 15) is 9.59 Å². The van der Waals surface area contributed by atoms with Crippen molar-refractivity contribution in [3.63, 3.8) is 0 Å². The van der Waals surface area contributed by atoms with E-state index in [-0.39, 0.29) is 29.8 Å². The maximum Gasteiger partial charge on any atom is 0.342 e. The van der Waals surface area contributed by atoms with Crippen LogP contribution in [0.3, 0.4) is 0 Å². The second kappa shape index (κ2) is 5.71. The molecule has 120 valence electrons. The molecule has 8 heteroatoms. The van der Waals surface area contributed by atoms with Crippen molar-refractivity contribution in [2.45, 2.75) is 27.3 Å². The van der Waals surface area contributed by atoms with Gasteiger partial charge in [-0.15, -0.1) is 0 Å². The van der Waals surface area contributed by atoms with Crippen LogP contribution in [0, 0.1) is 13.8 Å². The summed E-state index contributed by atoms with van der Waals surface area (Å²) < 4.78 is 16.8. The van der Waals surface area contributed by atoms with Crippen LogP contribution in [-0.2, 0) is 11.3 Å². The van der Waals surface area contributed by atoms with E-state index in [2.05, 4.69) is 10.1 Å². The largest absolute Gasteiger partial charge is 0.462 e. The smallest absolute Gasteiger partial charge is 0.342 e. The summed E-state index contributed by atoms with van der Waals surface area (Å²) in [5.74, 6) is 0.218. The van der Waals surface area contributed by atoms with Crippen LogP contribution in [0.2, 0.25) is 0 Å². The van der Waals surface area contributed by atoms with Crippen molar-refractivity contribution in [1.82, 2.24) is 14.7 Å². The molecule has 3 rings (SSSR count). The summed E-state index contributed by atoms with van der Waals surface area (Å²) in [5.41, 5.74) is 0.542. The molecule has 0 radical (unpaired) electrons. The SMILES string of the molecule is CCOC(=O)c1c(C)oc2ncn(Cc3cc(C)no3)c(=O)c12. The molecule has 0 N–H and O–H groups in total. The minimum Gasteiger partial charge on any atom is -0.462 e. The van der Waals surface area contributed by atoms with E-state index >= 15 is 0 Å². The van der Waals surface area contributed by atoms with Crippen molar-refractivity contribution in [2.75, 3.05) is 6.61 Å². The van der Waals surface area contributed by atoms with E-state index in [1.165, 1.54) is 10.9 Å². The molecular formula is C15H15N3O5. The number of hydrogen-bond donors (Lipinski definition) is 0. The minimum atomic E-state index is -0.601. The molecular weight excluding hydrogens is 302 g/mol. The Kier molecular flexibility index (Phi) is 3.73. The van der Waals surface area contributed by atoms with E-state index in [0.29, 0.717) is 17.2 Å². The van der Waals surface area contributed by atoms with Crippen molar-refractivity contribution in [3.05, 3.63) is 45.5 Å². The first-order valence-corrected chi connectivity index (χ1v) is 7.09. The molecule has 23 heavy (non-hydrogen) atoms. The van der Waals surface area contributed by atoms with Crippen LogP contribution in [0.15, 0.2) is 26.1 Å². The molecule has 0 bridgehead atoms. The van der Waals surface area contributed by atoms with E-state index in [0.717, 1.165) is 0 Å². The number of ether oxygens (including phenoxy) is 1. The lowest BCUT2D eigenvalue weighted by Gasteiger charge is -2.03. The number of carbonyl (C=O) groups is 1. The van der Waals surface area contributed by atoms with Crippen LogP contribution in [-0.4, -0.2) is 27.3 Å². The van der Waals surface area contributed by atoms with Gasteiger partial charge in [0.05, 0.1) is 18.8 Å². The molecule has 3 heterocycles. The average Bonchev–Trinajstić information content (AvgIpc) is 3.05. The molecule has 0 fully saturated rings. The molecule has 0 atom stereocenters. The summed E-state index contributed by atoms with van der Waals surface area (Å²) in [6.45, 7) is 5.44. The lowest BCUT2D eigenvalue weighted by molar-refractivity contribution is 0.0526. The standard InChI is InChI=1S/C15H15N3O5/c1-4-21-15(20)11-9(3)22-13-12(11)14(19)18(7-16-13)6-10-5-8(2)17-23-10/h5,7H,4,6H2,1-3H3. The van der Waals surface area contributed by atoms with Crippen molar-refractivity contribution in [3.8, 4) is 0 Å². The van der Waals surface area contributed by atoms with Gasteiger partial charge in [0.15, 0.2) is 5.76 Å². The van der Waals surface area contributed by atoms with Crippen LogP contribution < -0.4 is 5.56 Å². The molecule has 0 aliphatic carbocycles. The van der Waals surface area contributed by atoms with Gasteiger partial charge in [-0.1, -0.05) is 5.16 Å². The number of aryl methyl sites for hydroxylation is 2. The summed E-state index contributed by atoms with van der Waals surface area (Å²) >= 11 is 0. The number of rotatable bonds is 4. The molecule has 3 aromatic heterocycles. The maximum absolute atomic E-state index is 12.7. The number of carbonyl (C=O) groups excluding carboxylic acids is 1. The van der Waals surface area contributed by atoms with Gasteiger partial charge in [-0.05, 0) is 20.8 Å². The summed E-state index contributed by atoms with van der Waals surface area (Å²) in [6, 6.07) is 1.73. The molecule has 0 aliphatic rings. The van der Waals surface area contributed by atoms with Gasteiger partial charge in [0, 0.05) is 6.07 Å². The zero-order chi connectivity index (χ0) is 16.6. The zero-order valence-electron chi connectivity index (χ0n) is 13.0. The third kappa shape index (κ3) is 2.63. The van der Waals surface area contributed by atoms with Crippen molar-refractivity contribution < 1.29 is 18.5 Å². The van der Waals surface area contributed by atoms with Gasteiger partial charge in [0.1, 0.15) is 23.0 Å². The Morgan fingerprint density at radius 1 is 1.39 bits per heavy atom. The van der Waals surface area contributed by atoms with Crippen LogP contribution in [0.5, 0.6) is 0 Å². The van der Waals surface area contributed by atoms with Gasteiger partial charge >= 0.3 is 5.97 Å². The molecule has 0 spiro atoms. The fraction of sp³-hybridized carbons (Fsp3) is 0.333. The van der Waals surface area contributed by atoms with E-state index in [1.807, 2.05) is 0 Å². The molecule has 0 saturated carbocycles. The molecule has 0 aromatic carbocycles. The summed E-state index contributed by atoms with van der Waals surface area (Å²) in [7, 11) is 0. The lowest BCUT2D eigenvalue weighted by atomic mass is 10.2. The van der Waals surface area contributed by atoms with Gasteiger partial charge in [-0.2, -0.15) is 0 Å². The quantitative estimate of drug-likeness (QED) is 0.676.